The van der Waals surface area contributed by atoms with E-state index in [-0.39, 0.29) is 39.6 Å². The van der Waals surface area contributed by atoms with Gasteiger partial charge in [0.05, 0.1) is 25.4 Å². The number of carbonyl (C=O) groups excluding carboxylic acids is 6. The van der Waals surface area contributed by atoms with Crippen LogP contribution in [0.15, 0.2) is 74.4 Å². The maximum Gasteiger partial charge on any atom is 0.335 e. The van der Waals surface area contributed by atoms with E-state index in [1.165, 1.54) is 6.92 Å². The number of carbonyl (C=O) groups is 6. The Labute approximate surface area is 336 Å². The van der Waals surface area contributed by atoms with E-state index in [1.807, 2.05) is 13.8 Å². The van der Waals surface area contributed by atoms with Gasteiger partial charge in [-0.3, -0.25) is 0 Å². The summed E-state index contributed by atoms with van der Waals surface area (Å²) in [4.78, 5) is 62.6. The van der Waals surface area contributed by atoms with Crippen LogP contribution in [-0.4, -0.2) is 131 Å². The van der Waals surface area contributed by atoms with E-state index in [1.54, 1.807) is 27.7 Å². The molecule has 0 aromatic heterocycles. The predicted molar refractivity (Wildman–Crippen MR) is 210 cm³/mol. The summed E-state index contributed by atoms with van der Waals surface area (Å²) in [7, 11) is 0. The van der Waals surface area contributed by atoms with Gasteiger partial charge in [-0.2, -0.15) is 0 Å². The zero-order chi connectivity index (χ0) is 45.9. The monoisotopic (exact) mass is 822 g/mol. The smallest absolute Gasteiger partial charge is 0.335 e. The van der Waals surface area contributed by atoms with Gasteiger partial charge in [0, 0.05) is 47.8 Å². The number of rotatable bonds is 20. The maximum absolute atomic E-state index is 10.7. The summed E-state index contributed by atoms with van der Waals surface area (Å²) in [6.45, 7) is 31.1. The molecule has 4 atom stereocenters. The molecule has 0 radical (unpaired) electrons. The lowest BCUT2D eigenvalue weighted by Crippen LogP contribution is -2.17. The summed E-state index contributed by atoms with van der Waals surface area (Å²) in [5.74, 6) is -3.04. The Balaban J connectivity index is -0.000000137. The normalized spacial score (nSPS) is 11.1. The first kappa shape index (κ1) is 63.9. The van der Waals surface area contributed by atoms with E-state index in [0.29, 0.717) is 29.6 Å². The molecule has 0 aliphatic carbocycles. The Morgan fingerprint density at radius 1 is 0.526 bits per heavy atom. The zero-order valence-corrected chi connectivity index (χ0v) is 34.4. The van der Waals surface area contributed by atoms with Crippen LogP contribution in [0.5, 0.6) is 0 Å². The standard InChI is InChI=1S/C8H14O3.2C7H12O3.2C6H10O3.C5H8O3/c1-4-5-7(9)11-8(10)6(2)3;1-5(2)7(9)10-4-6(3)8;1-3-5-7(9)10-6(8)4-2;1-5(2)6(8)9-4-3-7;1-3-6(8)9-4-5(2)7;1-2-5(7)8-4-3-6/h7,9H,2,4-5H2,1,3H3;6,8H,1,4H2,2-3H3;4,7,9H,2-3,5H2,1H3;7H,1,3-4H2,2H3;3,5,7H,1,4H2,2H3;2,6H,1,3-4H2. The van der Waals surface area contributed by atoms with Crippen LogP contribution in [-0.2, 0) is 57.2 Å². The number of aliphatic hydroxyl groups is 6. The predicted octanol–water partition coefficient (Wildman–Crippen LogP) is 2.45. The van der Waals surface area contributed by atoms with E-state index in [4.69, 9.17) is 30.6 Å². The van der Waals surface area contributed by atoms with Gasteiger partial charge >= 0.3 is 35.8 Å². The zero-order valence-electron chi connectivity index (χ0n) is 34.4. The molecule has 330 valence electrons. The molecule has 0 heterocycles. The average molecular weight is 823 g/mol. The third-order valence-corrected chi connectivity index (χ3v) is 4.69. The lowest BCUT2D eigenvalue weighted by Gasteiger charge is -2.09. The molecule has 0 rings (SSSR count). The second-order valence-corrected chi connectivity index (χ2v) is 11.0. The Hall–Kier alpha value is -4.98. The lowest BCUT2D eigenvalue weighted by atomic mass is 10.3. The minimum atomic E-state index is -0.982. The average Bonchev–Trinajstić information content (AvgIpc) is 3.14. The van der Waals surface area contributed by atoms with Crippen LogP contribution in [0.2, 0.25) is 0 Å². The molecule has 0 amide bonds. The highest BCUT2D eigenvalue weighted by Gasteiger charge is 2.10. The highest BCUT2D eigenvalue weighted by atomic mass is 16.6. The summed E-state index contributed by atoms with van der Waals surface area (Å²) in [6, 6.07) is 0. The number of aliphatic hydroxyl groups excluding tert-OH is 6. The van der Waals surface area contributed by atoms with E-state index in [9.17, 15) is 28.8 Å². The molecular formula is C39H66O18. The first-order valence-electron chi connectivity index (χ1n) is 17.3. The Kier molecular flexibility index (Phi) is 50.9. The summed E-state index contributed by atoms with van der Waals surface area (Å²) >= 11 is 0. The van der Waals surface area contributed by atoms with Crippen LogP contribution >= 0.6 is 0 Å². The van der Waals surface area contributed by atoms with Gasteiger partial charge in [0.25, 0.3) is 0 Å². The number of esters is 6. The molecule has 0 aromatic rings. The van der Waals surface area contributed by atoms with Gasteiger partial charge in [-0.25, -0.2) is 28.8 Å². The molecule has 0 aliphatic heterocycles. The molecule has 0 fully saturated rings. The van der Waals surface area contributed by atoms with E-state index in [0.717, 1.165) is 31.1 Å². The fourth-order valence-corrected chi connectivity index (χ4v) is 2.07. The molecule has 57 heavy (non-hydrogen) atoms. The molecule has 18 heteroatoms. The molecule has 0 saturated heterocycles. The minimum Gasteiger partial charge on any atom is -0.460 e. The van der Waals surface area contributed by atoms with Crippen LogP contribution in [0.1, 0.15) is 74.1 Å². The summed E-state index contributed by atoms with van der Waals surface area (Å²) in [6.07, 6.45) is 2.48. The molecule has 0 saturated carbocycles. The SMILES string of the molecule is C=C(C)C(=O)OC(O)CCC.C=C(C)C(=O)OCC(C)O.C=C(C)C(=O)OCCO.C=CC(=O)OC(O)CCC.C=CC(=O)OCC(C)O.C=CC(=O)OCCO. The largest absolute Gasteiger partial charge is 0.460 e. The van der Waals surface area contributed by atoms with E-state index < -0.39 is 60.6 Å². The molecule has 0 bridgehead atoms. The Morgan fingerprint density at radius 3 is 1.19 bits per heavy atom. The van der Waals surface area contributed by atoms with Crippen LogP contribution in [0, 0.1) is 0 Å². The minimum absolute atomic E-state index is 0.0326. The van der Waals surface area contributed by atoms with Crippen molar-refractivity contribution < 1.29 is 87.8 Å². The van der Waals surface area contributed by atoms with Crippen LogP contribution < -0.4 is 0 Å². The molecule has 0 spiro atoms. The Morgan fingerprint density at radius 2 is 0.860 bits per heavy atom. The van der Waals surface area contributed by atoms with Gasteiger partial charge in [0.15, 0.2) is 0 Å². The van der Waals surface area contributed by atoms with Crippen molar-refractivity contribution in [1.82, 2.24) is 0 Å². The number of ether oxygens (including phenoxy) is 6. The fourth-order valence-electron chi connectivity index (χ4n) is 2.07. The van der Waals surface area contributed by atoms with Gasteiger partial charge in [-0.15, -0.1) is 0 Å². The third-order valence-electron chi connectivity index (χ3n) is 4.69. The van der Waals surface area contributed by atoms with Crippen molar-refractivity contribution in [3.8, 4) is 0 Å². The van der Waals surface area contributed by atoms with Crippen LogP contribution in [0.3, 0.4) is 0 Å². The van der Waals surface area contributed by atoms with Gasteiger partial charge in [-0.05, 0) is 34.6 Å². The van der Waals surface area contributed by atoms with E-state index >= 15 is 0 Å². The highest BCUT2D eigenvalue weighted by Crippen LogP contribution is 2.02. The van der Waals surface area contributed by atoms with Crippen molar-refractivity contribution in [2.45, 2.75) is 98.9 Å². The maximum atomic E-state index is 10.7. The summed E-state index contributed by atoms with van der Waals surface area (Å²) in [5, 5.41) is 51.4. The molecule has 4 unspecified atom stereocenters. The van der Waals surface area contributed by atoms with Crippen molar-refractivity contribution in [3.63, 3.8) is 0 Å². The van der Waals surface area contributed by atoms with Crippen molar-refractivity contribution in [1.29, 1.82) is 0 Å². The first-order chi connectivity index (χ1) is 26.5. The first-order valence-corrected chi connectivity index (χ1v) is 17.3. The van der Waals surface area contributed by atoms with Gasteiger partial charge in [0.2, 0.25) is 12.6 Å². The van der Waals surface area contributed by atoms with Gasteiger partial charge in [0.1, 0.15) is 26.4 Å². The quantitative estimate of drug-likeness (QED) is 0.0445. The fraction of sp³-hybridized carbons (Fsp3) is 0.538. The second-order valence-electron chi connectivity index (χ2n) is 11.0. The second kappa shape index (κ2) is 45.4. The van der Waals surface area contributed by atoms with Crippen LogP contribution in [0.25, 0.3) is 0 Å². The summed E-state index contributed by atoms with van der Waals surface area (Å²) in [5.41, 5.74) is 1.00. The highest BCUT2D eigenvalue weighted by molar-refractivity contribution is 5.87. The van der Waals surface area contributed by atoms with Crippen molar-refractivity contribution >= 4 is 35.8 Å². The Bertz CT molecular complexity index is 1190. The number of hydrogen-bond donors (Lipinski definition) is 6. The van der Waals surface area contributed by atoms with E-state index in [2.05, 4.69) is 67.9 Å². The molecule has 0 aliphatic rings. The molecule has 6 N–H and O–H groups in total. The molecule has 18 nitrogen and oxygen atoms in total. The third kappa shape index (κ3) is 60.5. The van der Waals surface area contributed by atoms with Gasteiger partial charge < -0.3 is 59.1 Å². The summed E-state index contributed by atoms with van der Waals surface area (Å²) < 4.78 is 26.8. The van der Waals surface area contributed by atoms with Gasteiger partial charge in [-0.1, -0.05) is 66.2 Å². The van der Waals surface area contributed by atoms with Crippen molar-refractivity contribution in [2.24, 2.45) is 0 Å². The lowest BCUT2D eigenvalue weighted by molar-refractivity contribution is -0.164. The number of hydrogen-bond acceptors (Lipinski definition) is 18. The van der Waals surface area contributed by atoms with Crippen LogP contribution in [0.4, 0.5) is 0 Å². The van der Waals surface area contributed by atoms with Crippen molar-refractivity contribution in [2.75, 3.05) is 39.6 Å². The molecular weight excluding hydrogens is 756 g/mol. The topological polar surface area (TPSA) is 279 Å². The van der Waals surface area contributed by atoms with Crippen molar-refractivity contribution in [3.05, 3.63) is 74.4 Å². The molecule has 0 aromatic carbocycles.